The van der Waals surface area contributed by atoms with E-state index in [1.807, 2.05) is 5.01 Å². The van der Waals surface area contributed by atoms with Crippen LogP contribution in [0.15, 0.2) is 0 Å². The molecule has 0 unspecified atom stereocenters. The fourth-order valence-electron chi connectivity index (χ4n) is 2.33. The minimum absolute atomic E-state index is 0.674. The molecule has 2 aliphatic rings. The normalized spacial score (nSPS) is 31.3. The van der Waals surface area contributed by atoms with Gasteiger partial charge >= 0.3 is 0 Å². The molecular weight excluding hydrogens is 123 g/mol. The number of piperidine rings is 1. The van der Waals surface area contributed by atoms with Crippen molar-refractivity contribution in [3.8, 4) is 0 Å². The van der Waals surface area contributed by atoms with Crippen molar-refractivity contribution < 1.29 is 0 Å². The zero-order valence-corrected chi connectivity index (χ0v) is 6.47. The van der Waals surface area contributed by atoms with Crippen molar-refractivity contribution in [3.63, 3.8) is 0 Å². The summed E-state index contributed by atoms with van der Waals surface area (Å²) >= 11 is 0. The van der Waals surface area contributed by atoms with Crippen molar-refractivity contribution in [2.75, 3.05) is 13.1 Å². The van der Waals surface area contributed by atoms with Gasteiger partial charge in [0.05, 0.1) is 0 Å². The van der Waals surface area contributed by atoms with Gasteiger partial charge < -0.3 is 0 Å². The fourth-order valence-corrected chi connectivity index (χ4v) is 2.33. The van der Waals surface area contributed by atoms with Crippen LogP contribution in [0.1, 0.15) is 12.8 Å². The Labute approximate surface area is 63.0 Å². The van der Waals surface area contributed by atoms with E-state index in [1.165, 1.54) is 32.8 Å². The third-order valence-corrected chi connectivity index (χ3v) is 3.11. The number of nitrogens with zero attached hydrogens (tertiary/aromatic N) is 1. The molecule has 2 heterocycles. The zero-order chi connectivity index (χ0) is 7.03. The Hall–Kier alpha value is -0.0151. The number of hydrogen-bond donors (Lipinski definition) is 1. The molecule has 2 nitrogen and oxygen atoms in total. The molecule has 2 rings (SSSR count). The Morgan fingerprint density at radius 2 is 2.20 bits per heavy atom. The van der Waals surface area contributed by atoms with Gasteiger partial charge in [-0.3, -0.25) is 5.84 Å². The van der Waals surface area contributed by atoms with E-state index in [2.05, 4.69) is 0 Å². The highest BCUT2D eigenvalue weighted by atomic mass is 15.4. The lowest BCUT2D eigenvalue weighted by Gasteiger charge is -2.47. The molecule has 0 bridgehead atoms. The molecule has 0 amide bonds. The second-order valence-electron chi connectivity index (χ2n) is 3.93. The molecule has 0 aromatic carbocycles. The molecule has 0 atom stereocenters. The fraction of sp³-hybridized carbons (Fsp3) is 1.00. The molecule has 0 aromatic rings. The maximum atomic E-state index is 5.75. The lowest BCUT2D eigenvalue weighted by Crippen LogP contribution is -2.51. The van der Waals surface area contributed by atoms with Gasteiger partial charge in [0.15, 0.2) is 0 Å². The smallest absolute Gasteiger partial charge is 0.121 e. The number of nitrogens with two attached hydrogens (primary N) is 1. The maximum Gasteiger partial charge on any atom is 0.121 e. The second-order valence-corrected chi connectivity index (χ2v) is 3.93. The molecule has 3 heteroatoms. The van der Waals surface area contributed by atoms with Gasteiger partial charge in [0.25, 0.3) is 0 Å². The summed E-state index contributed by atoms with van der Waals surface area (Å²) < 4.78 is 0. The minimum atomic E-state index is 0.674. The molecule has 0 saturated carbocycles. The quantitative estimate of drug-likeness (QED) is 0.383. The van der Waals surface area contributed by atoms with Crippen LogP contribution >= 0.6 is 0 Å². The van der Waals surface area contributed by atoms with E-state index in [0.717, 1.165) is 13.1 Å². The summed E-state index contributed by atoms with van der Waals surface area (Å²) in [5, 5.41) is 2.00. The van der Waals surface area contributed by atoms with Gasteiger partial charge in [-0.15, -0.1) is 0 Å². The molecular formula is C7H15BN2. The highest BCUT2D eigenvalue weighted by molar-refractivity contribution is 6.40. The summed E-state index contributed by atoms with van der Waals surface area (Å²) in [7, 11) is 1.44. The van der Waals surface area contributed by atoms with Crippen LogP contribution in [-0.4, -0.2) is 25.4 Å². The standard InChI is InChI=1S/C7H15BN2/c9-10-3-1-2-7(6-10)4-8-5-7/h8H,1-6,9H2. The van der Waals surface area contributed by atoms with Gasteiger partial charge in [0.2, 0.25) is 0 Å². The molecule has 2 N–H and O–H groups in total. The van der Waals surface area contributed by atoms with Crippen LogP contribution in [0, 0.1) is 5.41 Å². The van der Waals surface area contributed by atoms with Gasteiger partial charge in [-0.2, -0.15) is 0 Å². The van der Waals surface area contributed by atoms with Gasteiger partial charge in [0, 0.05) is 13.1 Å². The average Bonchev–Trinajstić information content (AvgIpc) is 1.85. The topological polar surface area (TPSA) is 29.3 Å². The van der Waals surface area contributed by atoms with E-state index >= 15 is 0 Å². The first-order valence-electron chi connectivity index (χ1n) is 4.30. The summed E-state index contributed by atoms with van der Waals surface area (Å²) in [5.41, 5.74) is 0.674. The summed E-state index contributed by atoms with van der Waals surface area (Å²) in [4.78, 5) is 0. The highest BCUT2D eigenvalue weighted by Gasteiger charge is 2.39. The zero-order valence-electron chi connectivity index (χ0n) is 6.47. The Kier molecular flexibility index (Phi) is 1.50. The Balaban J connectivity index is 1.96. The molecule has 10 heavy (non-hydrogen) atoms. The Morgan fingerprint density at radius 1 is 1.40 bits per heavy atom. The van der Waals surface area contributed by atoms with Gasteiger partial charge in [-0.25, -0.2) is 5.01 Å². The van der Waals surface area contributed by atoms with Crippen molar-refractivity contribution in [1.29, 1.82) is 0 Å². The van der Waals surface area contributed by atoms with E-state index < -0.39 is 0 Å². The molecule has 2 fully saturated rings. The lowest BCUT2D eigenvalue weighted by molar-refractivity contribution is 0.106. The monoisotopic (exact) mass is 138 g/mol. The predicted molar refractivity (Wildman–Crippen MR) is 44.2 cm³/mol. The second kappa shape index (κ2) is 2.24. The van der Waals surface area contributed by atoms with Crippen LogP contribution < -0.4 is 5.84 Å². The first kappa shape index (κ1) is 6.68. The average molecular weight is 138 g/mol. The molecule has 0 aromatic heterocycles. The van der Waals surface area contributed by atoms with E-state index in [4.69, 9.17) is 5.84 Å². The van der Waals surface area contributed by atoms with Crippen LogP contribution in [0.25, 0.3) is 0 Å². The van der Waals surface area contributed by atoms with Crippen molar-refractivity contribution in [3.05, 3.63) is 0 Å². The van der Waals surface area contributed by atoms with Gasteiger partial charge in [0.1, 0.15) is 7.28 Å². The maximum absolute atomic E-state index is 5.75. The van der Waals surface area contributed by atoms with Gasteiger partial charge in [-0.1, -0.05) is 12.6 Å². The summed E-state index contributed by atoms with van der Waals surface area (Å²) in [6, 6.07) is 0. The summed E-state index contributed by atoms with van der Waals surface area (Å²) in [6.45, 7) is 2.27. The van der Waals surface area contributed by atoms with E-state index in [-0.39, 0.29) is 0 Å². The van der Waals surface area contributed by atoms with Crippen LogP contribution in [0.3, 0.4) is 0 Å². The highest BCUT2D eigenvalue weighted by Crippen LogP contribution is 2.43. The van der Waals surface area contributed by atoms with Gasteiger partial charge in [-0.05, 0) is 18.3 Å². The van der Waals surface area contributed by atoms with Crippen LogP contribution in [-0.2, 0) is 0 Å². The molecule has 56 valence electrons. The van der Waals surface area contributed by atoms with Crippen molar-refractivity contribution >= 4 is 7.28 Å². The molecule has 2 saturated heterocycles. The molecule has 0 radical (unpaired) electrons. The molecule has 2 aliphatic heterocycles. The molecule has 1 spiro atoms. The predicted octanol–water partition coefficient (Wildman–Crippen LogP) is 0.229. The largest absolute Gasteiger partial charge is 0.269 e. The van der Waals surface area contributed by atoms with Crippen LogP contribution in [0.4, 0.5) is 0 Å². The van der Waals surface area contributed by atoms with Crippen molar-refractivity contribution in [1.82, 2.24) is 5.01 Å². The summed E-state index contributed by atoms with van der Waals surface area (Å²) in [6.07, 6.45) is 5.61. The van der Waals surface area contributed by atoms with Crippen LogP contribution in [0.2, 0.25) is 12.6 Å². The first-order chi connectivity index (χ1) is 4.81. The van der Waals surface area contributed by atoms with Crippen LogP contribution in [0.5, 0.6) is 0 Å². The SMILES string of the molecule is NN1CCCC2(CBC2)C1. The number of rotatable bonds is 0. The summed E-state index contributed by atoms with van der Waals surface area (Å²) in [5.74, 6) is 5.75. The van der Waals surface area contributed by atoms with E-state index in [9.17, 15) is 0 Å². The number of hydrogen-bond acceptors (Lipinski definition) is 2. The number of hydrazine groups is 1. The third-order valence-electron chi connectivity index (χ3n) is 3.11. The van der Waals surface area contributed by atoms with E-state index in [1.54, 1.807) is 0 Å². The Morgan fingerprint density at radius 3 is 2.60 bits per heavy atom. The Bertz CT molecular complexity index is 134. The van der Waals surface area contributed by atoms with E-state index in [0.29, 0.717) is 5.41 Å². The lowest BCUT2D eigenvalue weighted by atomic mass is 9.41. The first-order valence-corrected chi connectivity index (χ1v) is 4.30. The molecule has 0 aliphatic carbocycles. The van der Waals surface area contributed by atoms with Crippen molar-refractivity contribution in [2.45, 2.75) is 25.5 Å². The minimum Gasteiger partial charge on any atom is -0.269 e. The third kappa shape index (κ3) is 0.975. The van der Waals surface area contributed by atoms with Crippen molar-refractivity contribution in [2.24, 2.45) is 11.3 Å².